The van der Waals surface area contributed by atoms with E-state index in [1.165, 1.54) is 0 Å². The average Bonchev–Trinajstić information content (AvgIpc) is 2.82. The lowest BCUT2D eigenvalue weighted by Crippen LogP contribution is -2.32. The molecule has 0 atom stereocenters. The Morgan fingerprint density at radius 1 is 1.43 bits per heavy atom. The Morgan fingerprint density at radius 3 is 2.81 bits per heavy atom. The molecular formula is C14H28N6S. The predicted octanol–water partition coefficient (Wildman–Crippen LogP) is 1.90. The lowest BCUT2D eigenvalue weighted by molar-refractivity contribution is 0.477. The Balaban J connectivity index is 2.46. The Hall–Kier alpha value is -1.24. The summed E-state index contributed by atoms with van der Waals surface area (Å²) in [6.45, 7) is 9.05. The predicted molar refractivity (Wildman–Crippen MR) is 89.7 cm³/mol. The molecule has 6 nitrogen and oxygen atoms in total. The second-order valence-corrected chi connectivity index (χ2v) is 6.18. The average molecular weight is 312 g/mol. The van der Waals surface area contributed by atoms with Crippen molar-refractivity contribution in [2.45, 2.75) is 51.7 Å². The van der Waals surface area contributed by atoms with E-state index in [1.54, 1.807) is 11.8 Å². The molecule has 0 saturated heterocycles. The van der Waals surface area contributed by atoms with Crippen LogP contribution in [-0.2, 0) is 13.0 Å². The molecule has 0 aliphatic heterocycles. The molecule has 0 aliphatic carbocycles. The molecule has 0 amide bonds. The van der Waals surface area contributed by atoms with Gasteiger partial charge in [0.15, 0.2) is 11.1 Å². The van der Waals surface area contributed by atoms with Gasteiger partial charge in [0, 0.05) is 26.1 Å². The van der Waals surface area contributed by atoms with Crippen LogP contribution in [0, 0.1) is 5.92 Å². The highest BCUT2D eigenvalue weighted by Gasteiger charge is 2.12. The van der Waals surface area contributed by atoms with Gasteiger partial charge in [-0.2, -0.15) is 0 Å². The number of aliphatic imine (C=N–C) groups is 1. The number of aryl methyl sites for hydroxylation is 1. The smallest absolute Gasteiger partial charge is 0.190 e. The molecule has 1 rings (SSSR count). The molecule has 0 unspecified atom stereocenters. The van der Waals surface area contributed by atoms with Gasteiger partial charge in [-0.25, -0.2) is 0 Å². The summed E-state index contributed by atoms with van der Waals surface area (Å²) in [6.07, 6.45) is 4.91. The molecule has 7 heteroatoms. The third-order valence-electron chi connectivity index (χ3n) is 2.91. The van der Waals surface area contributed by atoms with E-state index in [1.807, 2.05) is 6.26 Å². The first-order valence-corrected chi connectivity index (χ1v) is 8.80. The van der Waals surface area contributed by atoms with Crippen molar-refractivity contribution in [3.63, 3.8) is 0 Å². The summed E-state index contributed by atoms with van der Waals surface area (Å²) in [4.78, 5) is 4.21. The molecule has 1 aromatic rings. The Bertz CT molecular complexity index is 441. The van der Waals surface area contributed by atoms with Gasteiger partial charge in [0.2, 0.25) is 0 Å². The molecular weight excluding hydrogens is 284 g/mol. The SMILES string of the molecule is CCCN=C(N)NCCCc1nnc(SC)n1CC(C)C. The second kappa shape index (κ2) is 9.65. The largest absolute Gasteiger partial charge is 0.370 e. The molecule has 0 fully saturated rings. The molecule has 0 saturated carbocycles. The monoisotopic (exact) mass is 312 g/mol. The van der Waals surface area contributed by atoms with Crippen molar-refractivity contribution in [2.24, 2.45) is 16.6 Å². The Labute approximate surface area is 132 Å². The molecule has 120 valence electrons. The maximum absolute atomic E-state index is 5.76. The zero-order valence-corrected chi connectivity index (χ0v) is 14.4. The van der Waals surface area contributed by atoms with Gasteiger partial charge in [-0.3, -0.25) is 4.99 Å². The summed E-state index contributed by atoms with van der Waals surface area (Å²) in [5.74, 6) is 2.17. The molecule has 0 aromatic carbocycles. The molecule has 21 heavy (non-hydrogen) atoms. The fourth-order valence-corrected chi connectivity index (χ4v) is 2.48. The van der Waals surface area contributed by atoms with Gasteiger partial charge in [0.1, 0.15) is 5.82 Å². The zero-order chi connectivity index (χ0) is 15.7. The van der Waals surface area contributed by atoms with E-state index in [2.05, 4.69) is 45.8 Å². The van der Waals surface area contributed by atoms with Crippen LogP contribution in [0.25, 0.3) is 0 Å². The van der Waals surface area contributed by atoms with Gasteiger partial charge in [0.05, 0.1) is 0 Å². The summed E-state index contributed by atoms with van der Waals surface area (Å²) in [6, 6.07) is 0. The summed E-state index contributed by atoms with van der Waals surface area (Å²) in [5, 5.41) is 12.7. The van der Waals surface area contributed by atoms with Crippen LogP contribution >= 0.6 is 11.8 Å². The molecule has 1 heterocycles. The molecule has 0 spiro atoms. The zero-order valence-electron chi connectivity index (χ0n) is 13.6. The summed E-state index contributed by atoms with van der Waals surface area (Å²) >= 11 is 1.65. The number of aromatic nitrogens is 3. The summed E-state index contributed by atoms with van der Waals surface area (Å²) in [5.41, 5.74) is 5.76. The van der Waals surface area contributed by atoms with Crippen molar-refractivity contribution in [3.05, 3.63) is 5.82 Å². The highest BCUT2D eigenvalue weighted by atomic mass is 32.2. The van der Waals surface area contributed by atoms with E-state index in [-0.39, 0.29) is 0 Å². The minimum Gasteiger partial charge on any atom is -0.370 e. The van der Waals surface area contributed by atoms with Crippen molar-refractivity contribution in [3.8, 4) is 0 Å². The van der Waals surface area contributed by atoms with Crippen molar-refractivity contribution < 1.29 is 0 Å². The molecule has 0 radical (unpaired) electrons. The highest BCUT2D eigenvalue weighted by molar-refractivity contribution is 7.98. The van der Waals surface area contributed by atoms with Gasteiger partial charge < -0.3 is 15.6 Å². The van der Waals surface area contributed by atoms with E-state index in [0.29, 0.717) is 11.9 Å². The van der Waals surface area contributed by atoms with Crippen LogP contribution in [0.2, 0.25) is 0 Å². The molecule has 0 bridgehead atoms. The number of hydrogen-bond acceptors (Lipinski definition) is 4. The third-order valence-corrected chi connectivity index (χ3v) is 3.58. The van der Waals surface area contributed by atoms with E-state index in [9.17, 15) is 0 Å². The van der Waals surface area contributed by atoms with Crippen LogP contribution in [0.5, 0.6) is 0 Å². The minimum atomic E-state index is 0.533. The van der Waals surface area contributed by atoms with Crippen LogP contribution in [0.3, 0.4) is 0 Å². The maximum atomic E-state index is 5.76. The first kappa shape index (κ1) is 17.8. The maximum Gasteiger partial charge on any atom is 0.190 e. The fraction of sp³-hybridized carbons (Fsp3) is 0.786. The summed E-state index contributed by atoms with van der Waals surface area (Å²) < 4.78 is 2.23. The molecule has 3 N–H and O–H groups in total. The van der Waals surface area contributed by atoms with Crippen LogP contribution in [-0.4, -0.2) is 40.1 Å². The lowest BCUT2D eigenvalue weighted by Gasteiger charge is -2.11. The van der Waals surface area contributed by atoms with Crippen molar-refractivity contribution in [1.82, 2.24) is 20.1 Å². The number of thioether (sulfide) groups is 1. The molecule has 0 aliphatic rings. The number of guanidine groups is 1. The van der Waals surface area contributed by atoms with E-state index >= 15 is 0 Å². The van der Waals surface area contributed by atoms with Crippen LogP contribution in [0.15, 0.2) is 10.1 Å². The van der Waals surface area contributed by atoms with Gasteiger partial charge in [-0.05, 0) is 25.0 Å². The van der Waals surface area contributed by atoms with Crippen LogP contribution in [0.1, 0.15) is 39.4 Å². The van der Waals surface area contributed by atoms with E-state index < -0.39 is 0 Å². The van der Waals surface area contributed by atoms with E-state index in [0.717, 1.165) is 49.9 Å². The van der Waals surface area contributed by atoms with Crippen molar-refractivity contribution in [1.29, 1.82) is 0 Å². The quantitative estimate of drug-likeness (QED) is 0.315. The number of nitrogens with zero attached hydrogens (tertiary/aromatic N) is 4. The highest BCUT2D eigenvalue weighted by Crippen LogP contribution is 2.16. The third kappa shape index (κ3) is 6.37. The van der Waals surface area contributed by atoms with Crippen LogP contribution in [0.4, 0.5) is 0 Å². The lowest BCUT2D eigenvalue weighted by atomic mass is 10.2. The normalized spacial score (nSPS) is 12.1. The molecule has 1 aromatic heterocycles. The van der Waals surface area contributed by atoms with E-state index in [4.69, 9.17) is 5.73 Å². The summed E-state index contributed by atoms with van der Waals surface area (Å²) in [7, 11) is 0. The van der Waals surface area contributed by atoms with Crippen molar-refractivity contribution in [2.75, 3.05) is 19.3 Å². The topological polar surface area (TPSA) is 81.1 Å². The second-order valence-electron chi connectivity index (χ2n) is 5.40. The van der Waals surface area contributed by atoms with Gasteiger partial charge in [-0.15, -0.1) is 10.2 Å². The number of rotatable bonds is 9. The van der Waals surface area contributed by atoms with Gasteiger partial charge in [0.25, 0.3) is 0 Å². The van der Waals surface area contributed by atoms with Crippen molar-refractivity contribution >= 4 is 17.7 Å². The number of hydrogen-bond donors (Lipinski definition) is 2. The van der Waals surface area contributed by atoms with Gasteiger partial charge in [-0.1, -0.05) is 32.5 Å². The minimum absolute atomic E-state index is 0.533. The number of nitrogens with one attached hydrogen (secondary N) is 1. The fourth-order valence-electron chi connectivity index (χ4n) is 1.95. The number of nitrogens with two attached hydrogens (primary N) is 1. The van der Waals surface area contributed by atoms with Gasteiger partial charge >= 0.3 is 0 Å². The first-order valence-electron chi connectivity index (χ1n) is 7.58. The Kier molecular flexibility index (Phi) is 8.19. The standard InChI is InChI=1S/C14H28N6S/c1-5-8-16-13(15)17-9-6-7-12-18-19-14(21-4)20(12)10-11(2)3/h11H,5-10H2,1-4H3,(H3,15,16,17). The van der Waals surface area contributed by atoms with Crippen LogP contribution < -0.4 is 11.1 Å². The first-order chi connectivity index (χ1) is 10.1. The Morgan fingerprint density at radius 2 is 2.19 bits per heavy atom.